The van der Waals surface area contributed by atoms with Gasteiger partial charge in [-0.15, -0.1) is 11.8 Å². The minimum Gasteiger partial charge on any atom is -0.375 e. The molecule has 0 aliphatic heterocycles. The smallest absolute Gasteiger partial charge is 0.0598 e. The fourth-order valence-electron chi connectivity index (χ4n) is 1.86. The summed E-state index contributed by atoms with van der Waals surface area (Å²) in [5, 5.41) is 3.53. The van der Waals surface area contributed by atoms with Crippen molar-refractivity contribution < 1.29 is 4.74 Å². The van der Waals surface area contributed by atoms with Crippen molar-refractivity contribution >= 4 is 11.8 Å². The molecule has 0 aromatic heterocycles. The van der Waals surface area contributed by atoms with Gasteiger partial charge in [0.1, 0.15) is 0 Å². The fourth-order valence-corrected chi connectivity index (χ4v) is 2.66. The largest absolute Gasteiger partial charge is 0.375 e. The van der Waals surface area contributed by atoms with Crippen molar-refractivity contribution in [2.24, 2.45) is 0 Å². The molecule has 20 heavy (non-hydrogen) atoms. The Labute approximate surface area is 128 Å². The first-order valence-electron chi connectivity index (χ1n) is 7.52. The number of thioether (sulfide) groups is 1. The van der Waals surface area contributed by atoms with Crippen LogP contribution >= 0.6 is 11.8 Å². The molecule has 2 nitrogen and oxygen atoms in total. The van der Waals surface area contributed by atoms with E-state index in [0.29, 0.717) is 6.04 Å². The first-order valence-corrected chi connectivity index (χ1v) is 8.51. The van der Waals surface area contributed by atoms with E-state index < -0.39 is 0 Å². The molecule has 0 amide bonds. The molecule has 0 saturated heterocycles. The lowest BCUT2D eigenvalue weighted by atomic mass is 10.1. The first kappa shape index (κ1) is 17.5. The number of hydrogen-bond acceptors (Lipinski definition) is 3. The molecule has 0 fully saturated rings. The summed E-state index contributed by atoms with van der Waals surface area (Å²) in [5.41, 5.74) is 1.32. The Morgan fingerprint density at radius 1 is 1.30 bits per heavy atom. The third-order valence-corrected chi connectivity index (χ3v) is 3.90. The predicted octanol–water partition coefficient (Wildman–Crippen LogP) is 4.65. The lowest BCUT2D eigenvalue weighted by Gasteiger charge is -2.19. The highest BCUT2D eigenvalue weighted by atomic mass is 32.2. The number of benzene rings is 1. The quantitative estimate of drug-likeness (QED) is 0.557. The van der Waals surface area contributed by atoms with Crippen LogP contribution in [-0.2, 0) is 4.74 Å². The van der Waals surface area contributed by atoms with Gasteiger partial charge in [0.15, 0.2) is 0 Å². The number of rotatable bonds is 8. The van der Waals surface area contributed by atoms with Gasteiger partial charge in [-0.1, -0.05) is 19.1 Å². The van der Waals surface area contributed by atoms with E-state index in [1.54, 1.807) is 0 Å². The molecule has 1 N–H and O–H groups in total. The Balaban J connectivity index is 2.43. The standard InChI is InChI=1S/C17H29NOS/c1-6-10-18-14(2)15-8-7-9-16(13-15)20-12-11-19-17(3,4)5/h7-9,13-14,18H,6,10-12H2,1-5H3. The summed E-state index contributed by atoms with van der Waals surface area (Å²) in [6.45, 7) is 12.6. The molecule has 0 saturated carbocycles. The zero-order chi connectivity index (χ0) is 15.0. The van der Waals surface area contributed by atoms with Gasteiger partial charge in [0.05, 0.1) is 12.2 Å². The van der Waals surface area contributed by atoms with Gasteiger partial charge >= 0.3 is 0 Å². The summed E-state index contributed by atoms with van der Waals surface area (Å²) in [6, 6.07) is 9.23. The molecule has 1 rings (SSSR count). The van der Waals surface area contributed by atoms with Gasteiger partial charge in [-0.2, -0.15) is 0 Å². The molecule has 0 spiro atoms. The Bertz CT molecular complexity index is 387. The van der Waals surface area contributed by atoms with E-state index >= 15 is 0 Å². The van der Waals surface area contributed by atoms with Crippen molar-refractivity contribution in [3.05, 3.63) is 29.8 Å². The SMILES string of the molecule is CCCNC(C)c1cccc(SCCOC(C)(C)C)c1. The maximum absolute atomic E-state index is 5.75. The van der Waals surface area contributed by atoms with Crippen molar-refractivity contribution in [3.63, 3.8) is 0 Å². The van der Waals surface area contributed by atoms with Crippen LogP contribution in [0.15, 0.2) is 29.2 Å². The Kier molecular flexibility index (Phi) is 7.63. The van der Waals surface area contributed by atoms with Crippen LogP contribution in [0.5, 0.6) is 0 Å². The molecule has 1 aromatic rings. The average molecular weight is 295 g/mol. The Morgan fingerprint density at radius 2 is 2.05 bits per heavy atom. The van der Waals surface area contributed by atoms with Crippen LogP contribution in [0, 0.1) is 0 Å². The topological polar surface area (TPSA) is 21.3 Å². The summed E-state index contributed by atoms with van der Waals surface area (Å²) in [7, 11) is 0. The second-order valence-corrected chi connectivity index (χ2v) is 7.23. The monoisotopic (exact) mass is 295 g/mol. The number of ether oxygens (including phenoxy) is 1. The molecule has 1 aromatic carbocycles. The summed E-state index contributed by atoms with van der Waals surface area (Å²) >= 11 is 1.86. The van der Waals surface area contributed by atoms with Gasteiger partial charge in [0.2, 0.25) is 0 Å². The summed E-state index contributed by atoms with van der Waals surface area (Å²) in [4.78, 5) is 1.32. The average Bonchev–Trinajstić information content (AvgIpc) is 2.40. The van der Waals surface area contributed by atoms with Gasteiger partial charge in [0.25, 0.3) is 0 Å². The van der Waals surface area contributed by atoms with Gasteiger partial charge in [-0.25, -0.2) is 0 Å². The van der Waals surface area contributed by atoms with Crippen LogP contribution in [0.25, 0.3) is 0 Å². The molecule has 114 valence electrons. The first-order chi connectivity index (χ1) is 9.42. The molecule has 1 unspecified atom stereocenters. The van der Waals surface area contributed by atoms with Crippen molar-refractivity contribution in [3.8, 4) is 0 Å². The van der Waals surface area contributed by atoms with Crippen molar-refractivity contribution in [1.82, 2.24) is 5.32 Å². The normalized spacial score (nSPS) is 13.4. The van der Waals surface area contributed by atoms with Crippen LogP contribution in [-0.4, -0.2) is 24.5 Å². The van der Waals surface area contributed by atoms with Crippen LogP contribution in [0.4, 0.5) is 0 Å². The van der Waals surface area contributed by atoms with E-state index in [1.807, 2.05) is 11.8 Å². The molecule has 0 heterocycles. The number of hydrogen-bond donors (Lipinski definition) is 1. The van der Waals surface area contributed by atoms with Gasteiger partial charge in [-0.05, 0) is 58.4 Å². The van der Waals surface area contributed by atoms with E-state index in [4.69, 9.17) is 4.74 Å². The molecule has 0 radical (unpaired) electrons. The van der Waals surface area contributed by atoms with Crippen LogP contribution < -0.4 is 5.32 Å². The molecule has 0 aliphatic carbocycles. The molecule has 1 atom stereocenters. The second-order valence-electron chi connectivity index (χ2n) is 6.06. The van der Waals surface area contributed by atoms with Crippen LogP contribution in [0.3, 0.4) is 0 Å². The minimum absolute atomic E-state index is 0.0407. The van der Waals surface area contributed by atoms with E-state index in [2.05, 4.69) is 64.2 Å². The predicted molar refractivity (Wildman–Crippen MR) is 89.6 cm³/mol. The molecular weight excluding hydrogens is 266 g/mol. The van der Waals surface area contributed by atoms with E-state index in [-0.39, 0.29) is 5.60 Å². The van der Waals surface area contributed by atoms with Crippen LogP contribution in [0.1, 0.15) is 52.6 Å². The Morgan fingerprint density at radius 3 is 2.70 bits per heavy atom. The molecule has 0 bridgehead atoms. The maximum Gasteiger partial charge on any atom is 0.0598 e. The summed E-state index contributed by atoms with van der Waals surface area (Å²) in [6.07, 6.45) is 1.17. The van der Waals surface area contributed by atoms with Gasteiger partial charge < -0.3 is 10.1 Å². The molecule has 0 aliphatic rings. The third-order valence-electron chi connectivity index (χ3n) is 2.95. The van der Waals surface area contributed by atoms with Crippen molar-refractivity contribution in [2.75, 3.05) is 18.9 Å². The van der Waals surface area contributed by atoms with Gasteiger partial charge in [-0.3, -0.25) is 0 Å². The zero-order valence-electron chi connectivity index (χ0n) is 13.5. The van der Waals surface area contributed by atoms with E-state index in [1.165, 1.54) is 16.9 Å². The molecular formula is C17H29NOS. The van der Waals surface area contributed by atoms with Crippen LogP contribution in [0.2, 0.25) is 0 Å². The van der Waals surface area contributed by atoms with Gasteiger partial charge in [0, 0.05) is 16.7 Å². The van der Waals surface area contributed by atoms with Crippen molar-refractivity contribution in [2.45, 2.75) is 57.6 Å². The van der Waals surface area contributed by atoms with E-state index in [0.717, 1.165) is 18.9 Å². The highest BCUT2D eigenvalue weighted by Crippen LogP contribution is 2.22. The van der Waals surface area contributed by atoms with Crippen molar-refractivity contribution in [1.29, 1.82) is 0 Å². The fraction of sp³-hybridized carbons (Fsp3) is 0.647. The lowest BCUT2D eigenvalue weighted by molar-refractivity contribution is 0.00695. The second kappa shape index (κ2) is 8.71. The molecule has 3 heteroatoms. The third kappa shape index (κ3) is 7.32. The van der Waals surface area contributed by atoms with E-state index in [9.17, 15) is 0 Å². The number of nitrogens with one attached hydrogen (secondary N) is 1. The summed E-state index contributed by atoms with van der Waals surface area (Å²) in [5.74, 6) is 0.998. The lowest BCUT2D eigenvalue weighted by Crippen LogP contribution is -2.20. The minimum atomic E-state index is -0.0407. The highest BCUT2D eigenvalue weighted by Gasteiger charge is 2.09. The maximum atomic E-state index is 5.75. The zero-order valence-corrected chi connectivity index (χ0v) is 14.3. The highest BCUT2D eigenvalue weighted by molar-refractivity contribution is 7.99. The summed E-state index contributed by atoms with van der Waals surface area (Å²) < 4.78 is 5.75. The Hall–Kier alpha value is -0.510.